The molecule has 2 heterocycles. The fraction of sp³-hybridized carbons (Fsp3) is 0.480. The van der Waals surface area contributed by atoms with E-state index in [2.05, 4.69) is 22.8 Å². The summed E-state index contributed by atoms with van der Waals surface area (Å²) in [6, 6.07) is 10.1. The third kappa shape index (κ3) is 5.10. The third-order valence-corrected chi connectivity index (χ3v) is 6.40. The second-order valence-corrected chi connectivity index (χ2v) is 8.42. The first-order valence-corrected chi connectivity index (χ1v) is 11.4. The van der Waals surface area contributed by atoms with Crippen LogP contribution in [0.25, 0.3) is 0 Å². The topological polar surface area (TPSA) is 89.4 Å². The highest BCUT2D eigenvalue weighted by Gasteiger charge is 2.35. The molecule has 0 aliphatic carbocycles. The van der Waals surface area contributed by atoms with Gasteiger partial charge in [-0.15, -0.1) is 0 Å². The van der Waals surface area contributed by atoms with Crippen molar-refractivity contribution in [1.82, 2.24) is 15.2 Å². The molecular weight excluding hydrogens is 406 g/mol. The van der Waals surface area contributed by atoms with E-state index in [1.807, 2.05) is 32.0 Å². The number of rotatable bonds is 8. The first-order valence-electron chi connectivity index (χ1n) is 11.4. The van der Waals surface area contributed by atoms with E-state index in [0.717, 1.165) is 24.8 Å². The normalized spacial score (nSPS) is 16.2. The molecule has 2 amide bonds. The summed E-state index contributed by atoms with van der Waals surface area (Å²) in [4.78, 5) is 38.7. The van der Waals surface area contributed by atoms with E-state index in [1.54, 1.807) is 23.9 Å². The van der Waals surface area contributed by atoms with Gasteiger partial charge in [0.2, 0.25) is 5.43 Å². The molecular formula is C25H33N3O4. The molecule has 0 radical (unpaired) electrons. The average molecular weight is 440 g/mol. The van der Waals surface area contributed by atoms with Crippen LogP contribution in [0.1, 0.15) is 72.4 Å². The number of carbonyl (C=O) groups is 2. The summed E-state index contributed by atoms with van der Waals surface area (Å²) < 4.78 is 7.35. The minimum absolute atomic E-state index is 0.00989. The van der Waals surface area contributed by atoms with Crippen LogP contribution in [0.5, 0.6) is 0 Å². The average Bonchev–Trinajstić information content (AvgIpc) is 2.83. The Hall–Kier alpha value is -2.93. The highest BCUT2D eigenvalue weighted by atomic mass is 16.5. The Morgan fingerprint density at radius 1 is 1.03 bits per heavy atom. The maximum absolute atomic E-state index is 13.2. The number of aromatic nitrogens is 1. The van der Waals surface area contributed by atoms with Gasteiger partial charge >= 0.3 is 0 Å². The number of nitrogens with one attached hydrogen (secondary N) is 2. The molecule has 1 fully saturated rings. The second kappa shape index (κ2) is 10.6. The van der Waals surface area contributed by atoms with Crippen LogP contribution < -0.4 is 16.1 Å². The number of hydrogen-bond acceptors (Lipinski definition) is 4. The summed E-state index contributed by atoms with van der Waals surface area (Å²) in [6.45, 7) is 7.84. The Bertz CT molecular complexity index is 994. The Morgan fingerprint density at radius 2 is 1.62 bits per heavy atom. The van der Waals surface area contributed by atoms with Crippen molar-refractivity contribution in [2.75, 3.05) is 26.3 Å². The van der Waals surface area contributed by atoms with Crippen molar-refractivity contribution in [1.29, 1.82) is 0 Å². The Labute approximate surface area is 189 Å². The molecule has 7 nitrogen and oxygen atoms in total. The number of benzene rings is 1. The van der Waals surface area contributed by atoms with Gasteiger partial charge in [0.05, 0.1) is 0 Å². The van der Waals surface area contributed by atoms with E-state index in [1.165, 1.54) is 0 Å². The van der Waals surface area contributed by atoms with Crippen LogP contribution in [0.15, 0.2) is 47.5 Å². The number of carbonyl (C=O) groups excluding carboxylic acids is 2. The first kappa shape index (κ1) is 23.7. The van der Waals surface area contributed by atoms with Gasteiger partial charge in [0.15, 0.2) is 0 Å². The lowest BCUT2D eigenvalue weighted by atomic mass is 9.74. The van der Waals surface area contributed by atoms with Crippen LogP contribution in [0.3, 0.4) is 0 Å². The van der Waals surface area contributed by atoms with Gasteiger partial charge < -0.3 is 19.9 Å². The van der Waals surface area contributed by atoms with Gasteiger partial charge in [0.25, 0.3) is 11.8 Å². The Balaban J connectivity index is 1.91. The summed E-state index contributed by atoms with van der Waals surface area (Å²) >= 11 is 0. The van der Waals surface area contributed by atoms with E-state index in [-0.39, 0.29) is 22.6 Å². The molecule has 2 N–H and O–H groups in total. The summed E-state index contributed by atoms with van der Waals surface area (Å²) in [5, 5.41) is 5.66. The molecule has 3 rings (SSSR count). The number of pyridine rings is 1. The number of amides is 2. The highest BCUT2D eigenvalue weighted by molar-refractivity contribution is 5.99. The van der Waals surface area contributed by atoms with Crippen LogP contribution in [0.4, 0.5) is 0 Å². The largest absolute Gasteiger partial charge is 0.381 e. The van der Waals surface area contributed by atoms with Crippen molar-refractivity contribution in [2.45, 2.75) is 51.5 Å². The van der Waals surface area contributed by atoms with Gasteiger partial charge in [-0.25, -0.2) is 0 Å². The Kier molecular flexibility index (Phi) is 7.85. The quantitative estimate of drug-likeness (QED) is 0.662. The number of nitrogens with zero attached hydrogens (tertiary/aromatic N) is 1. The zero-order chi connectivity index (χ0) is 23.1. The summed E-state index contributed by atoms with van der Waals surface area (Å²) in [5.41, 5.74) is 0.334. The molecule has 172 valence electrons. The predicted molar refractivity (Wildman–Crippen MR) is 124 cm³/mol. The van der Waals surface area contributed by atoms with Crippen molar-refractivity contribution >= 4 is 11.8 Å². The van der Waals surface area contributed by atoms with Gasteiger partial charge in [0.1, 0.15) is 11.1 Å². The third-order valence-electron chi connectivity index (χ3n) is 6.40. The summed E-state index contributed by atoms with van der Waals surface area (Å²) in [7, 11) is 0. The standard InChI is InChI=1S/C25H33N3O4/c1-4-18(3)28-15-20(23(30)26-5-2)22(29)21(16-28)24(31)27-17-25(11-13-32-14-12-25)19-9-7-6-8-10-19/h6-10,15-16,18H,4-5,11-14,17H2,1-3H3,(H,26,30)(H,27,31)/t18-/m1/s1. The zero-order valence-electron chi connectivity index (χ0n) is 19.1. The molecule has 1 atom stereocenters. The van der Waals surface area contributed by atoms with Crippen LogP contribution >= 0.6 is 0 Å². The van der Waals surface area contributed by atoms with Gasteiger partial charge in [-0.05, 0) is 38.7 Å². The van der Waals surface area contributed by atoms with E-state index in [4.69, 9.17) is 4.74 Å². The van der Waals surface area contributed by atoms with Gasteiger partial charge in [-0.1, -0.05) is 37.3 Å². The molecule has 2 aromatic rings. The Morgan fingerprint density at radius 3 is 2.19 bits per heavy atom. The minimum atomic E-state index is -0.547. The molecule has 0 unspecified atom stereocenters. The van der Waals surface area contributed by atoms with Crippen molar-refractivity contribution in [3.63, 3.8) is 0 Å². The fourth-order valence-electron chi connectivity index (χ4n) is 4.11. The fourth-order valence-corrected chi connectivity index (χ4v) is 4.11. The lowest BCUT2D eigenvalue weighted by Gasteiger charge is -2.38. The van der Waals surface area contributed by atoms with Crippen molar-refractivity contribution < 1.29 is 14.3 Å². The summed E-state index contributed by atoms with van der Waals surface area (Å²) in [5.74, 6) is -0.922. The van der Waals surface area contributed by atoms with Crippen LogP contribution in [-0.2, 0) is 10.2 Å². The van der Waals surface area contributed by atoms with E-state index in [9.17, 15) is 14.4 Å². The molecule has 1 aliphatic rings. The highest BCUT2D eigenvalue weighted by Crippen LogP contribution is 2.34. The molecule has 1 aliphatic heterocycles. The van der Waals surface area contributed by atoms with Crippen LogP contribution in [0.2, 0.25) is 0 Å². The van der Waals surface area contributed by atoms with Crippen molar-refractivity contribution in [3.8, 4) is 0 Å². The van der Waals surface area contributed by atoms with Crippen LogP contribution in [0, 0.1) is 0 Å². The van der Waals surface area contributed by atoms with E-state index >= 15 is 0 Å². The molecule has 7 heteroatoms. The first-order chi connectivity index (χ1) is 15.4. The number of ether oxygens (including phenoxy) is 1. The van der Waals surface area contributed by atoms with E-state index < -0.39 is 17.2 Å². The maximum Gasteiger partial charge on any atom is 0.256 e. The SMILES string of the molecule is CCNC(=O)c1cn([C@H](C)CC)cc(C(=O)NCC2(c3ccccc3)CCOCC2)c1=O. The maximum atomic E-state index is 13.2. The van der Waals surface area contributed by atoms with Crippen molar-refractivity contribution in [3.05, 3.63) is 69.6 Å². The lowest BCUT2D eigenvalue weighted by Crippen LogP contribution is -2.45. The van der Waals surface area contributed by atoms with Crippen molar-refractivity contribution in [2.24, 2.45) is 0 Å². The number of hydrogen-bond donors (Lipinski definition) is 2. The molecule has 0 spiro atoms. The lowest BCUT2D eigenvalue weighted by molar-refractivity contribution is 0.0487. The van der Waals surface area contributed by atoms with Crippen LogP contribution in [-0.4, -0.2) is 42.7 Å². The predicted octanol–water partition coefficient (Wildman–Crippen LogP) is 3.05. The van der Waals surface area contributed by atoms with Gasteiger partial charge in [0, 0.05) is 50.2 Å². The molecule has 0 bridgehead atoms. The molecule has 32 heavy (non-hydrogen) atoms. The van der Waals surface area contributed by atoms with Gasteiger partial charge in [-0.3, -0.25) is 14.4 Å². The smallest absolute Gasteiger partial charge is 0.256 e. The minimum Gasteiger partial charge on any atom is -0.381 e. The second-order valence-electron chi connectivity index (χ2n) is 8.42. The monoisotopic (exact) mass is 439 g/mol. The molecule has 1 saturated heterocycles. The zero-order valence-corrected chi connectivity index (χ0v) is 19.1. The molecule has 1 aromatic carbocycles. The summed E-state index contributed by atoms with van der Waals surface area (Å²) in [6.07, 6.45) is 5.48. The van der Waals surface area contributed by atoms with E-state index in [0.29, 0.717) is 26.3 Å². The molecule has 1 aromatic heterocycles. The molecule has 0 saturated carbocycles. The van der Waals surface area contributed by atoms with Gasteiger partial charge in [-0.2, -0.15) is 0 Å².